The highest BCUT2D eigenvalue weighted by Crippen LogP contribution is 2.45. The topological polar surface area (TPSA) is 94.2 Å². The molecule has 0 aliphatic carbocycles. The molecule has 2 rings (SSSR count). The number of amides is 2. The molecule has 0 aromatic carbocycles. The summed E-state index contributed by atoms with van der Waals surface area (Å²) in [7, 11) is -2.91. The largest absolute Gasteiger partial charge is 0.445 e. The lowest BCUT2D eigenvalue weighted by molar-refractivity contribution is -0.143. The number of likely N-dealkylation sites (tertiary alicyclic amines) is 1. The first-order valence-electron chi connectivity index (χ1n) is 14.7. The van der Waals surface area contributed by atoms with Gasteiger partial charge in [0, 0.05) is 32.0 Å². The average molecular weight is 595 g/mol. The van der Waals surface area contributed by atoms with E-state index in [1.807, 2.05) is 6.08 Å². The Hall–Kier alpha value is -1.76. The summed E-state index contributed by atoms with van der Waals surface area (Å²) in [4.78, 5) is 41.3. The Morgan fingerprint density at radius 3 is 2.25 bits per heavy atom. The number of Topliss-reactive ketones (excluding diaryl/α,β-unsaturated/α-hetero) is 1. The molecule has 8 nitrogen and oxygen atoms in total. The third-order valence-corrected chi connectivity index (χ3v) is 9.85. The number of hydrogen-bond donors (Lipinski definition) is 1. The van der Waals surface area contributed by atoms with E-state index in [4.69, 9.17) is 13.6 Å². The van der Waals surface area contributed by atoms with Crippen LogP contribution in [0.5, 0.6) is 0 Å². The molecule has 40 heavy (non-hydrogen) atoms. The van der Waals surface area contributed by atoms with Crippen molar-refractivity contribution in [2.75, 3.05) is 19.8 Å². The first-order valence-corrected chi connectivity index (χ1v) is 20.3. The summed E-state index contributed by atoms with van der Waals surface area (Å²) in [5.41, 5.74) is -0.736. The number of hydrogen-bond acceptors (Lipinski definition) is 6. The van der Waals surface area contributed by atoms with E-state index in [0.29, 0.717) is 25.1 Å². The molecule has 2 aliphatic heterocycles. The molecule has 0 aromatic rings. The maximum atomic E-state index is 13.6. The Bertz CT molecular complexity index is 968. The Labute approximate surface area is 245 Å². The molecule has 0 spiro atoms. The third kappa shape index (κ3) is 8.63. The molecule has 2 aliphatic rings. The minimum absolute atomic E-state index is 0.0114. The van der Waals surface area contributed by atoms with Crippen molar-refractivity contribution in [3.05, 3.63) is 24.3 Å². The van der Waals surface area contributed by atoms with Crippen molar-refractivity contribution < 1.29 is 28.0 Å². The lowest BCUT2D eigenvalue weighted by Gasteiger charge is -2.46. The zero-order valence-electron chi connectivity index (χ0n) is 26.8. The van der Waals surface area contributed by atoms with Crippen molar-refractivity contribution >= 4 is 35.9 Å². The maximum absolute atomic E-state index is 13.6. The first kappa shape index (κ1) is 34.4. The van der Waals surface area contributed by atoms with Crippen LogP contribution in [0.15, 0.2) is 24.3 Å². The summed E-state index contributed by atoms with van der Waals surface area (Å²) in [6, 6.07) is -0.249. The van der Waals surface area contributed by atoms with Crippen molar-refractivity contribution in [3.63, 3.8) is 0 Å². The molecule has 2 amide bonds. The molecular formula is C30H54N2O6Si2. The lowest BCUT2D eigenvalue weighted by atomic mass is 9.66. The van der Waals surface area contributed by atoms with E-state index in [1.165, 1.54) is 0 Å². The van der Waals surface area contributed by atoms with Gasteiger partial charge < -0.3 is 18.9 Å². The highest BCUT2D eigenvalue weighted by molar-refractivity contribution is 6.48. The fourth-order valence-corrected chi connectivity index (χ4v) is 7.38. The van der Waals surface area contributed by atoms with E-state index in [-0.39, 0.29) is 59.3 Å². The average Bonchev–Trinajstić information content (AvgIpc) is 3.17. The van der Waals surface area contributed by atoms with Gasteiger partial charge in [-0.2, -0.15) is 0 Å². The maximum Gasteiger partial charge on any atom is 0.412 e. The predicted octanol–water partition coefficient (Wildman–Crippen LogP) is 5.06. The molecule has 5 atom stereocenters. The molecule has 0 bridgehead atoms. The molecule has 2 saturated heterocycles. The normalized spacial score (nSPS) is 26.5. The summed E-state index contributed by atoms with van der Waals surface area (Å²) >= 11 is 0. The van der Waals surface area contributed by atoms with Crippen LogP contribution in [0.25, 0.3) is 0 Å². The Morgan fingerprint density at radius 2 is 1.77 bits per heavy atom. The summed E-state index contributed by atoms with van der Waals surface area (Å²) in [5, 5.41) is 2.98. The van der Waals surface area contributed by atoms with Crippen LogP contribution in [0.4, 0.5) is 4.79 Å². The molecule has 2 heterocycles. The summed E-state index contributed by atoms with van der Waals surface area (Å²) in [6.45, 7) is 27.8. The van der Waals surface area contributed by atoms with Crippen LogP contribution in [0.1, 0.15) is 61.3 Å². The second-order valence-corrected chi connectivity index (χ2v) is 19.0. The molecule has 228 valence electrons. The van der Waals surface area contributed by atoms with Gasteiger partial charge in [0.25, 0.3) is 0 Å². The summed E-state index contributed by atoms with van der Waals surface area (Å²) in [6.07, 6.45) is 3.70. The third-order valence-electron chi connectivity index (χ3n) is 8.11. The van der Waals surface area contributed by atoms with Gasteiger partial charge in [-0.15, -0.1) is 0 Å². The van der Waals surface area contributed by atoms with Crippen LogP contribution in [-0.2, 0) is 23.2 Å². The zero-order valence-corrected chi connectivity index (χ0v) is 29.1. The van der Waals surface area contributed by atoms with Crippen LogP contribution in [0.2, 0.25) is 26.2 Å². The van der Waals surface area contributed by atoms with Crippen LogP contribution in [0, 0.1) is 28.6 Å². The molecule has 10 heteroatoms. The van der Waals surface area contributed by atoms with Crippen LogP contribution < -0.4 is 5.32 Å². The number of carbonyl (C=O) groups excluding carboxylic acids is 3. The van der Waals surface area contributed by atoms with E-state index >= 15 is 0 Å². The Morgan fingerprint density at radius 1 is 1.15 bits per heavy atom. The van der Waals surface area contributed by atoms with Crippen molar-refractivity contribution in [1.82, 2.24) is 10.2 Å². The Kier molecular flexibility index (Phi) is 11.6. The van der Waals surface area contributed by atoms with E-state index in [2.05, 4.69) is 79.6 Å². The molecule has 0 unspecified atom stereocenters. The van der Waals surface area contributed by atoms with Crippen molar-refractivity contribution in [3.8, 4) is 0 Å². The second kappa shape index (κ2) is 13.5. The molecule has 2 fully saturated rings. The predicted molar refractivity (Wildman–Crippen MR) is 165 cm³/mol. The van der Waals surface area contributed by atoms with Crippen molar-refractivity contribution in [2.45, 2.75) is 99.3 Å². The van der Waals surface area contributed by atoms with Gasteiger partial charge >= 0.3 is 6.09 Å². The minimum atomic E-state index is -1.65. The lowest BCUT2D eigenvalue weighted by Crippen LogP contribution is -2.63. The highest BCUT2D eigenvalue weighted by atomic mass is 28.3. The number of rotatable bonds is 12. The summed E-state index contributed by atoms with van der Waals surface area (Å²) < 4.78 is 18.1. The number of allylic oxidation sites excluding steroid dienone is 1. The van der Waals surface area contributed by atoms with Crippen LogP contribution >= 0.6 is 0 Å². The van der Waals surface area contributed by atoms with E-state index < -0.39 is 29.9 Å². The quantitative estimate of drug-likeness (QED) is 0.147. The highest BCUT2D eigenvalue weighted by Gasteiger charge is 2.52. The number of ketones is 1. The second-order valence-electron chi connectivity index (χ2n) is 14.2. The molecule has 0 saturated carbocycles. The van der Waals surface area contributed by atoms with Crippen LogP contribution in [-0.4, -0.2) is 72.3 Å². The van der Waals surface area contributed by atoms with Gasteiger partial charge in [-0.25, -0.2) is 4.79 Å². The fourth-order valence-electron chi connectivity index (χ4n) is 5.68. The van der Waals surface area contributed by atoms with E-state index in [0.717, 1.165) is 0 Å². The molecule has 0 aromatic heterocycles. The molecular weight excluding hydrogens is 541 g/mol. The minimum Gasteiger partial charge on any atom is -0.445 e. The van der Waals surface area contributed by atoms with Crippen molar-refractivity contribution in [2.24, 2.45) is 28.6 Å². The van der Waals surface area contributed by atoms with Gasteiger partial charge in [-0.3, -0.25) is 14.5 Å². The zero-order chi connectivity index (χ0) is 30.6. The standard InChI is InChI=1S/C30H54N2O6Si2/c1-13-14-36-27(35)32-18-21(28(3,4)5)17-30(32,38-40(11)12)16-20(2)24(33)15-23-25(26(34)31-23)22(29(6,7)8)19-37-39(9)10/h13,16,21-23,25,39-40H,1,14-15,17-19H2,2-12H3,(H,31,34)/t21-,22+,23+,25-,30+/m0/s1. The summed E-state index contributed by atoms with van der Waals surface area (Å²) in [5.74, 6) is -0.187. The number of ether oxygens (including phenoxy) is 1. The van der Waals surface area contributed by atoms with Gasteiger partial charge in [0.1, 0.15) is 6.61 Å². The first-order chi connectivity index (χ1) is 18.3. The number of β-lactam (4-membered cyclic amide) rings is 1. The number of nitrogens with zero attached hydrogens (tertiary/aromatic N) is 1. The SMILES string of the molecule is C=CCOC(=O)N1C[C@@H](C(C)(C)C)C[C@@]1(C=C(C)C(=O)C[C@H]1NC(=O)[C@H]1[C@@H](CO[SiH](C)C)C(C)(C)C)O[SiH](C)C. The molecule has 0 radical (unpaired) electrons. The van der Waals surface area contributed by atoms with Gasteiger partial charge in [0.05, 0.1) is 5.92 Å². The van der Waals surface area contributed by atoms with Gasteiger partial charge in [-0.1, -0.05) is 54.2 Å². The van der Waals surface area contributed by atoms with E-state index in [9.17, 15) is 14.4 Å². The number of nitrogens with one attached hydrogen (secondary N) is 1. The molecule has 1 N–H and O–H groups in total. The monoisotopic (exact) mass is 594 g/mol. The van der Waals surface area contributed by atoms with Gasteiger partial charge in [0.15, 0.2) is 29.6 Å². The fraction of sp³-hybridized carbons (Fsp3) is 0.767. The number of carbonyl (C=O) groups is 3. The van der Waals surface area contributed by atoms with Crippen LogP contribution in [0.3, 0.4) is 0 Å². The Balaban J connectivity index is 2.37. The van der Waals surface area contributed by atoms with E-state index in [1.54, 1.807) is 17.9 Å². The van der Waals surface area contributed by atoms with Crippen molar-refractivity contribution in [1.29, 1.82) is 0 Å². The smallest absolute Gasteiger partial charge is 0.412 e. The van der Waals surface area contributed by atoms with Gasteiger partial charge in [-0.05, 0) is 67.4 Å². The van der Waals surface area contributed by atoms with Gasteiger partial charge in [0.2, 0.25) is 5.91 Å².